The van der Waals surface area contributed by atoms with Crippen molar-refractivity contribution in [1.29, 1.82) is 0 Å². The molecule has 1 unspecified atom stereocenters. The number of piperidine rings is 1. The Morgan fingerprint density at radius 2 is 1.88 bits per heavy atom. The maximum absolute atomic E-state index is 13.1. The van der Waals surface area contributed by atoms with Gasteiger partial charge < -0.3 is 10.1 Å². The number of nitro benzene ring substituents is 1. The van der Waals surface area contributed by atoms with Crippen LogP contribution in [0.4, 0.5) is 11.4 Å². The van der Waals surface area contributed by atoms with Crippen LogP contribution in [0.2, 0.25) is 0 Å². The molecule has 1 saturated heterocycles. The molecule has 0 aromatic heterocycles. The molecular formula is C23H27N3O7S. The van der Waals surface area contributed by atoms with Crippen LogP contribution in [-0.4, -0.2) is 48.7 Å². The van der Waals surface area contributed by atoms with Crippen LogP contribution in [0.3, 0.4) is 0 Å². The van der Waals surface area contributed by atoms with Gasteiger partial charge in [-0.15, -0.1) is 0 Å². The lowest BCUT2D eigenvalue weighted by Crippen LogP contribution is -2.41. The summed E-state index contributed by atoms with van der Waals surface area (Å²) in [5.41, 5.74) is 1.31. The first-order valence-electron chi connectivity index (χ1n) is 10.8. The summed E-state index contributed by atoms with van der Waals surface area (Å²) in [6, 6.07) is 8.14. The number of amides is 1. The minimum Gasteiger partial charge on any atom is -0.452 e. The van der Waals surface area contributed by atoms with E-state index in [9.17, 15) is 28.1 Å². The van der Waals surface area contributed by atoms with Gasteiger partial charge in [-0.05, 0) is 62.9 Å². The third kappa shape index (κ3) is 5.60. The lowest BCUT2D eigenvalue weighted by Gasteiger charge is -2.32. The Morgan fingerprint density at radius 1 is 1.15 bits per heavy atom. The van der Waals surface area contributed by atoms with Gasteiger partial charge >= 0.3 is 5.97 Å². The number of nitrogens with zero attached hydrogens (tertiary/aromatic N) is 2. The number of anilines is 1. The highest BCUT2D eigenvalue weighted by Crippen LogP contribution is 2.27. The molecule has 1 aliphatic rings. The number of hydrogen-bond acceptors (Lipinski definition) is 7. The van der Waals surface area contributed by atoms with Gasteiger partial charge in [0.15, 0.2) is 6.61 Å². The number of aryl methyl sites for hydroxylation is 2. The zero-order valence-electron chi connectivity index (χ0n) is 19.2. The van der Waals surface area contributed by atoms with Crippen molar-refractivity contribution in [1.82, 2.24) is 4.31 Å². The fraction of sp³-hybridized carbons (Fsp3) is 0.391. The predicted molar refractivity (Wildman–Crippen MR) is 125 cm³/mol. The lowest BCUT2D eigenvalue weighted by atomic mass is 10.1. The molecule has 2 aromatic carbocycles. The predicted octanol–water partition coefficient (Wildman–Crippen LogP) is 3.57. The van der Waals surface area contributed by atoms with Gasteiger partial charge in [0, 0.05) is 30.4 Å². The van der Waals surface area contributed by atoms with Crippen molar-refractivity contribution in [2.45, 2.75) is 51.0 Å². The molecule has 182 valence electrons. The van der Waals surface area contributed by atoms with E-state index in [1.54, 1.807) is 19.9 Å². The minimum absolute atomic E-state index is 0.00440. The molecule has 11 heteroatoms. The van der Waals surface area contributed by atoms with E-state index in [4.69, 9.17) is 4.74 Å². The summed E-state index contributed by atoms with van der Waals surface area (Å²) in [7, 11) is -3.77. The fourth-order valence-corrected chi connectivity index (χ4v) is 5.57. The quantitative estimate of drug-likeness (QED) is 0.357. The summed E-state index contributed by atoms with van der Waals surface area (Å²) >= 11 is 0. The van der Waals surface area contributed by atoms with Crippen LogP contribution in [-0.2, 0) is 19.6 Å². The number of nitro groups is 1. The standard InChI is InChI=1S/C23H27N3O7S/c1-15-7-9-19(34(31,32)25-11-5-4-6-17(25)3)13-20(15)23(28)33-14-22(27)24-21-10-8-18(26(29)30)12-16(21)2/h7-10,12-13,17H,4-6,11,14H2,1-3H3,(H,24,27). The number of non-ortho nitro benzene ring substituents is 1. The molecule has 1 fully saturated rings. The van der Waals surface area contributed by atoms with Crippen molar-refractivity contribution in [2.75, 3.05) is 18.5 Å². The van der Waals surface area contributed by atoms with Crippen LogP contribution in [0.15, 0.2) is 41.3 Å². The average molecular weight is 490 g/mol. The molecule has 1 N–H and O–H groups in total. The van der Waals surface area contributed by atoms with Crippen LogP contribution < -0.4 is 5.32 Å². The molecule has 0 aliphatic carbocycles. The number of sulfonamides is 1. The van der Waals surface area contributed by atoms with Crippen LogP contribution in [0, 0.1) is 24.0 Å². The van der Waals surface area contributed by atoms with Crippen molar-refractivity contribution >= 4 is 33.3 Å². The maximum atomic E-state index is 13.1. The molecular weight excluding hydrogens is 462 g/mol. The Morgan fingerprint density at radius 3 is 2.53 bits per heavy atom. The molecule has 1 aliphatic heterocycles. The normalized spacial score (nSPS) is 16.6. The van der Waals surface area contributed by atoms with Crippen molar-refractivity contribution < 1.29 is 27.7 Å². The molecule has 0 radical (unpaired) electrons. The second-order valence-electron chi connectivity index (χ2n) is 8.32. The Hall–Kier alpha value is -3.31. The van der Waals surface area contributed by atoms with Gasteiger partial charge in [-0.1, -0.05) is 12.5 Å². The number of nitrogens with one attached hydrogen (secondary N) is 1. The van der Waals surface area contributed by atoms with Crippen LogP contribution in [0.5, 0.6) is 0 Å². The van der Waals surface area contributed by atoms with E-state index in [1.807, 2.05) is 6.92 Å². The van der Waals surface area contributed by atoms with E-state index in [2.05, 4.69) is 5.32 Å². The van der Waals surface area contributed by atoms with Crippen molar-refractivity contribution in [3.63, 3.8) is 0 Å². The maximum Gasteiger partial charge on any atom is 0.338 e. The molecule has 3 rings (SSSR count). The van der Waals surface area contributed by atoms with E-state index in [-0.39, 0.29) is 22.2 Å². The molecule has 1 atom stereocenters. The summed E-state index contributed by atoms with van der Waals surface area (Å²) in [6.07, 6.45) is 2.54. The molecule has 0 saturated carbocycles. The van der Waals surface area contributed by atoms with Crippen LogP contribution >= 0.6 is 0 Å². The number of carbonyl (C=O) groups excluding carboxylic acids is 2. The SMILES string of the molecule is Cc1cc([N+](=O)[O-])ccc1NC(=O)COC(=O)c1cc(S(=O)(=O)N2CCCCC2C)ccc1C. The first-order valence-corrected chi connectivity index (χ1v) is 12.3. The van der Waals surface area contributed by atoms with Crippen LogP contribution in [0.25, 0.3) is 0 Å². The van der Waals surface area contributed by atoms with Gasteiger partial charge in [0.2, 0.25) is 10.0 Å². The zero-order valence-corrected chi connectivity index (χ0v) is 20.1. The summed E-state index contributed by atoms with van der Waals surface area (Å²) in [5.74, 6) is -1.45. The highest BCUT2D eigenvalue weighted by atomic mass is 32.2. The molecule has 1 amide bonds. The Balaban J connectivity index is 1.69. The third-order valence-corrected chi connectivity index (χ3v) is 7.82. The summed E-state index contributed by atoms with van der Waals surface area (Å²) < 4.78 is 32.8. The van der Waals surface area contributed by atoms with Gasteiger partial charge in [0.05, 0.1) is 15.4 Å². The smallest absolute Gasteiger partial charge is 0.338 e. The molecule has 0 spiro atoms. The summed E-state index contributed by atoms with van der Waals surface area (Å²) in [4.78, 5) is 35.2. The highest BCUT2D eigenvalue weighted by molar-refractivity contribution is 7.89. The average Bonchev–Trinajstić information content (AvgIpc) is 2.79. The number of esters is 1. The molecule has 10 nitrogen and oxygen atoms in total. The molecule has 34 heavy (non-hydrogen) atoms. The molecule has 2 aromatic rings. The first-order chi connectivity index (χ1) is 16.0. The van der Waals surface area contributed by atoms with Gasteiger partial charge in [-0.25, -0.2) is 13.2 Å². The van der Waals surface area contributed by atoms with Gasteiger partial charge in [-0.3, -0.25) is 14.9 Å². The number of benzene rings is 2. The minimum atomic E-state index is -3.77. The monoisotopic (exact) mass is 489 g/mol. The van der Waals surface area contributed by atoms with Gasteiger partial charge in [0.25, 0.3) is 11.6 Å². The number of rotatable bonds is 7. The molecule has 0 bridgehead atoms. The Labute approximate surface area is 198 Å². The molecule has 1 heterocycles. The summed E-state index contributed by atoms with van der Waals surface area (Å²) in [5, 5.41) is 13.4. The first kappa shape index (κ1) is 25.3. The highest BCUT2D eigenvalue weighted by Gasteiger charge is 2.31. The van der Waals surface area contributed by atoms with E-state index < -0.39 is 33.4 Å². The van der Waals surface area contributed by atoms with Gasteiger partial charge in [-0.2, -0.15) is 4.31 Å². The lowest BCUT2D eigenvalue weighted by molar-refractivity contribution is -0.384. The number of carbonyl (C=O) groups is 2. The van der Waals surface area contributed by atoms with E-state index in [0.717, 1.165) is 19.3 Å². The number of ether oxygens (including phenoxy) is 1. The second kappa shape index (κ2) is 10.3. The summed E-state index contributed by atoms with van der Waals surface area (Å²) in [6.45, 7) is 4.95. The van der Waals surface area contributed by atoms with E-state index >= 15 is 0 Å². The zero-order chi connectivity index (χ0) is 25.0. The van der Waals surface area contributed by atoms with Crippen LogP contribution in [0.1, 0.15) is 47.7 Å². The Bertz CT molecular complexity index is 1230. The Kier molecular flexibility index (Phi) is 7.68. The third-order valence-electron chi connectivity index (χ3n) is 5.81. The van der Waals surface area contributed by atoms with Crippen molar-refractivity contribution in [3.8, 4) is 0 Å². The van der Waals surface area contributed by atoms with Crippen molar-refractivity contribution in [3.05, 3.63) is 63.2 Å². The van der Waals surface area contributed by atoms with E-state index in [0.29, 0.717) is 23.4 Å². The van der Waals surface area contributed by atoms with Crippen molar-refractivity contribution in [2.24, 2.45) is 0 Å². The topological polar surface area (TPSA) is 136 Å². The second-order valence-corrected chi connectivity index (χ2v) is 10.2. The van der Waals surface area contributed by atoms with Gasteiger partial charge in [0.1, 0.15) is 0 Å². The fourth-order valence-electron chi connectivity index (χ4n) is 3.84. The van der Waals surface area contributed by atoms with E-state index in [1.165, 1.54) is 34.6 Å². The largest absolute Gasteiger partial charge is 0.452 e. The number of hydrogen-bond donors (Lipinski definition) is 1.